The van der Waals surface area contributed by atoms with Gasteiger partial charge in [0.25, 0.3) is 0 Å². The Morgan fingerprint density at radius 2 is 1.95 bits per heavy atom. The summed E-state index contributed by atoms with van der Waals surface area (Å²) in [4.78, 5) is 12.0. The summed E-state index contributed by atoms with van der Waals surface area (Å²) in [5.41, 5.74) is 1.36. The van der Waals surface area contributed by atoms with Gasteiger partial charge in [0.2, 0.25) is 0 Å². The molecule has 0 saturated heterocycles. The first-order valence-electron chi connectivity index (χ1n) is 5.66. The van der Waals surface area contributed by atoms with E-state index >= 15 is 0 Å². The van der Waals surface area contributed by atoms with Crippen LogP contribution < -0.4 is 5.11 Å². The summed E-state index contributed by atoms with van der Waals surface area (Å²) in [6, 6.07) is 13.1. The average molecular weight is 269 g/mol. The quantitative estimate of drug-likeness (QED) is 0.730. The molecule has 0 aliphatic rings. The maximum atomic E-state index is 11.2. The summed E-state index contributed by atoms with van der Waals surface area (Å²) < 4.78 is 1.56. The lowest BCUT2D eigenvalue weighted by Crippen LogP contribution is -2.22. The number of nitrogens with zero attached hydrogens (tertiary/aromatic N) is 2. The number of rotatable bonds is 3. The molecule has 2 heterocycles. The van der Waals surface area contributed by atoms with E-state index in [2.05, 4.69) is 5.10 Å². The summed E-state index contributed by atoms with van der Waals surface area (Å²) in [7, 11) is 0. The summed E-state index contributed by atoms with van der Waals surface area (Å²) >= 11 is 1.45. The monoisotopic (exact) mass is 269 g/mol. The van der Waals surface area contributed by atoms with Gasteiger partial charge in [0.05, 0.1) is 16.5 Å². The molecule has 3 aromatic rings. The number of benzene rings is 1. The van der Waals surface area contributed by atoms with Crippen molar-refractivity contribution in [2.75, 3.05) is 0 Å². The van der Waals surface area contributed by atoms with Crippen molar-refractivity contribution in [1.82, 2.24) is 9.78 Å². The van der Waals surface area contributed by atoms with Crippen molar-refractivity contribution in [3.05, 3.63) is 59.6 Å². The van der Waals surface area contributed by atoms with E-state index in [-0.39, 0.29) is 5.56 Å². The molecule has 0 N–H and O–H groups in total. The van der Waals surface area contributed by atoms with E-state index in [4.69, 9.17) is 0 Å². The maximum absolute atomic E-state index is 11.2. The van der Waals surface area contributed by atoms with Crippen LogP contribution in [0.15, 0.2) is 54.0 Å². The molecule has 0 bridgehead atoms. The molecule has 1 aromatic carbocycles. The predicted molar refractivity (Wildman–Crippen MR) is 71.2 cm³/mol. The van der Waals surface area contributed by atoms with Gasteiger partial charge in [0.15, 0.2) is 0 Å². The molecule has 3 rings (SSSR count). The van der Waals surface area contributed by atoms with Crippen LogP contribution in [0.4, 0.5) is 0 Å². The minimum atomic E-state index is -1.22. The maximum Gasteiger partial charge on any atom is 0.112 e. The van der Waals surface area contributed by atoms with Crippen LogP contribution in [-0.2, 0) is 0 Å². The van der Waals surface area contributed by atoms with E-state index in [1.165, 1.54) is 17.5 Å². The van der Waals surface area contributed by atoms with E-state index < -0.39 is 5.97 Å². The number of para-hydroxylation sites is 1. The van der Waals surface area contributed by atoms with Crippen LogP contribution in [0.5, 0.6) is 0 Å². The molecule has 0 fully saturated rings. The molecule has 0 radical (unpaired) electrons. The Labute approximate surface area is 113 Å². The molecule has 0 amide bonds. The van der Waals surface area contributed by atoms with Crippen molar-refractivity contribution >= 4 is 17.3 Å². The second kappa shape index (κ2) is 4.70. The first-order chi connectivity index (χ1) is 9.25. The Bertz CT molecular complexity index is 702. The Morgan fingerprint density at radius 3 is 2.58 bits per heavy atom. The zero-order valence-corrected chi connectivity index (χ0v) is 10.6. The number of carboxylic acid groups (broad SMARTS) is 1. The predicted octanol–water partition coefficient (Wildman–Crippen LogP) is 1.96. The van der Waals surface area contributed by atoms with E-state index in [9.17, 15) is 9.90 Å². The van der Waals surface area contributed by atoms with Crippen LogP contribution in [-0.4, -0.2) is 15.7 Å². The molecule has 0 spiro atoms. The number of carboxylic acids is 1. The molecule has 2 aromatic heterocycles. The third-order valence-corrected chi connectivity index (χ3v) is 3.59. The van der Waals surface area contributed by atoms with Crippen molar-refractivity contribution in [2.24, 2.45) is 0 Å². The highest BCUT2D eigenvalue weighted by molar-refractivity contribution is 7.13. The van der Waals surface area contributed by atoms with Gasteiger partial charge in [-0.1, -0.05) is 24.3 Å². The molecule has 0 saturated carbocycles. The third-order valence-electron chi connectivity index (χ3n) is 2.71. The standard InChI is InChI=1S/C14H10N2O2S/c17-14(18)11-9-16(10-5-2-1-3-6-10)15-13(11)12-7-4-8-19-12/h1-9H,(H,17,18)/p-1. The molecule has 94 valence electrons. The van der Waals surface area contributed by atoms with Crippen molar-refractivity contribution in [3.8, 4) is 16.3 Å². The molecule has 0 unspecified atom stereocenters. The number of aromatic carboxylic acids is 1. The largest absolute Gasteiger partial charge is 0.545 e. The van der Waals surface area contributed by atoms with Crippen LogP contribution >= 0.6 is 11.3 Å². The molecule has 0 aliphatic heterocycles. The van der Waals surface area contributed by atoms with E-state index in [1.807, 2.05) is 47.8 Å². The zero-order chi connectivity index (χ0) is 13.2. The smallest absolute Gasteiger partial charge is 0.112 e. The van der Waals surface area contributed by atoms with Crippen LogP contribution in [0.3, 0.4) is 0 Å². The number of carbonyl (C=O) groups excluding carboxylic acids is 1. The van der Waals surface area contributed by atoms with Crippen LogP contribution in [0, 0.1) is 0 Å². The van der Waals surface area contributed by atoms with Crippen LogP contribution in [0.25, 0.3) is 16.3 Å². The number of aromatic nitrogens is 2. The molecule has 5 heteroatoms. The van der Waals surface area contributed by atoms with Gasteiger partial charge in [-0.2, -0.15) is 5.10 Å². The van der Waals surface area contributed by atoms with Crippen LogP contribution in [0.2, 0.25) is 0 Å². The number of thiophene rings is 1. The SMILES string of the molecule is O=C([O-])c1cn(-c2ccccc2)nc1-c1cccs1. The third kappa shape index (κ3) is 2.15. The fourth-order valence-electron chi connectivity index (χ4n) is 1.83. The summed E-state index contributed by atoms with van der Waals surface area (Å²) in [6.45, 7) is 0. The first kappa shape index (κ1) is 11.7. The van der Waals surface area contributed by atoms with Crippen molar-refractivity contribution in [1.29, 1.82) is 0 Å². The van der Waals surface area contributed by atoms with Gasteiger partial charge < -0.3 is 9.90 Å². The Morgan fingerprint density at radius 1 is 1.16 bits per heavy atom. The second-order valence-corrected chi connectivity index (χ2v) is 4.88. The van der Waals surface area contributed by atoms with Gasteiger partial charge in [0, 0.05) is 11.8 Å². The lowest BCUT2D eigenvalue weighted by atomic mass is 10.2. The van der Waals surface area contributed by atoms with Crippen molar-refractivity contribution in [3.63, 3.8) is 0 Å². The Kier molecular flexibility index (Phi) is 2.89. The molecular formula is C14H9N2O2S-. The average Bonchev–Trinajstić information content (AvgIpc) is 3.08. The number of carbonyl (C=O) groups is 1. The summed E-state index contributed by atoms with van der Waals surface area (Å²) in [5, 5.41) is 17.4. The Hall–Kier alpha value is -2.40. The summed E-state index contributed by atoms with van der Waals surface area (Å²) in [5.74, 6) is -1.22. The second-order valence-electron chi connectivity index (χ2n) is 3.94. The lowest BCUT2D eigenvalue weighted by molar-refractivity contribution is -0.254. The van der Waals surface area contributed by atoms with Gasteiger partial charge in [-0.15, -0.1) is 11.3 Å². The molecule has 0 aliphatic carbocycles. The molecule has 0 atom stereocenters. The minimum absolute atomic E-state index is 0.103. The van der Waals surface area contributed by atoms with Gasteiger partial charge in [0.1, 0.15) is 5.69 Å². The number of hydrogen-bond donors (Lipinski definition) is 0. The molecule has 19 heavy (non-hydrogen) atoms. The normalized spacial score (nSPS) is 10.5. The van der Waals surface area contributed by atoms with Gasteiger partial charge in [-0.05, 0) is 23.6 Å². The highest BCUT2D eigenvalue weighted by Gasteiger charge is 2.13. The van der Waals surface area contributed by atoms with Crippen LogP contribution in [0.1, 0.15) is 10.4 Å². The van der Waals surface area contributed by atoms with Crippen molar-refractivity contribution < 1.29 is 9.90 Å². The van der Waals surface area contributed by atoms with Gasteiger partial charge >= 0.3 is 0 Å². The Balaban J connectivity index is 2.15. The van der Waals surface area contributed by atoms with Gasteiger partial charge in [-0.3, -0.25) is 0 Å². The zero-order valence-electron chi connectivity index (χ0n) is 9.82. The number of hydrogen-bond acceptors (Lipinski definition) is 4. The van der Waals surface area contributed by atoms with Gasteiger partial charge in [-0.25, -0.2) is 4.68 Å². The minimum Gasteiger partial charge on any atom is -0.545 e. The summed E-state index contributed by atoms with van der Waals surface area (Å²) in [6.07, 6.45) is 1.49. The fraction of sp³-hybridized carbons (Fsp3) is 0. The fourth-order valence-corrected chi connectivity index (χ4v) is 2.55. The van der Waals surface area contributed by atoms with E-state index in [1.54, 1.807) is 4.68 Å². The van der Waals surface area contributed by atoms with E-state index in [0.29, 0.717) is 5.69 Å². The topological polar surface area (TPSA) is 57.9 Å². The highest BCUT2D eigenvalue weighted by atomic mass is 32.1. The van der Waals surface area contributed by atoms with E-state index in [0.717, 1.165) is 10.6 Å². The van der Waals surface area contributed by atoms with Crippen molar-refractivity contribution in [2.45, 2.75) is 0 Å². The highest BCUT2D eigenvalue weighted by Crippen LogP contribution is 2.27. The lowest BCUT2D eigenvalue weighted by Gasteiger charge is -1.99. The molecule has 4 nitrogen and oxygen atoms in total. The molecular weight excluding hydrogens is 260 g/mol. The first-order valence-corrected chi connectivity index (χ1v) is 6.54.